The lowest BCUT2D eigenvalue weighted by Crippen LogP contribution is -2.49. The monoisotopic (exact) mass is 850 g/mol. The predicted octanol–water partition coefficient (Wildman–Crippen LogP) is 6.58. The average Bonchev–Trinajstić information content (AvgIpc) is 4.15. The third kappa shape index (κ3) is 8.07. The molecule has 2 spiro atoms. The van der Waals surface area contributed by atoms with Gasteiger partial charge in [-0.3, -0.25) is 19.3 Å². The lowest BCUT2D eigenvalue weighted by atomic mass is 9.98. The number of unbranched alkanes of at least 4 members (excludes halogenated alkanes) is 2. The van der Waals surface area contributed by atoms with Gasteiger partial charge in [-0.25, -0.2) is 4.79 Å². The molecule has 15 nitrogen and oxygen atoms in total. The molecule has 330 valence electrons. The van der Waals surface area contributed by atoms with Gasteiger partial charge < -0.3 is 49.9 Å². The summed E-state index contributed by atoms with van der Waals surface area (Å²) in [4.78, 5) is 59.7. The average molecular weight is 851 g/mol. The molecule has 3 aromatic carbocycles. The Bertz CT molecular complexity index is 2240. The van der Waals surface area contributed by atoms with Crippen LogP contribution in [0, 0.1) is 10.8 Å². The molecule has 6 aliphatic rings. The Balaban J connectivity index is 0.840. The van der Waals surface area contributed by atoms with Crippen molar-refractivity contribution in [2.45, 2.75) is 102 Å². The Labute approximate surface area is 362 Å². The van der Waals surface area contributed by atoms with Crippen molar-refractivity contribution in [3.8, 4) is 23.0 Å². The quantitative estimate of drug-likeness (QED) is 0.150. The molecule has 0 radical (unpaired) electrons. The number of nitrogens with two attached hydrogens (primary N) is 1. The van der Waals surface area contributed by atoms with Gasteiger partial charge in [0.15, 0.2) is 23.0 Å². The summed E-state index contributed by atoms with van der Waals surface area (Å²) in [6.45, 7) is 6.63. The van der Waals surface area contributed by atoms with Crippen LogP contribution in [-0.4, -0.2) is 105 Å². The number of anilines is 3. The van der Waals surface area contributed by atoms with Crippen LogP contribution in [0.5, 0.6) is 23.0 Å². The Kier molecular flexibility index (Phi) is 11.1. The number of nitrogens with zero attached hydrogens (tertiary/aromatic N) is 3. The Morgan fingerprint density at radius 2 is 1.44 bits per heavy atom. The second kappa shape index (κ2) is 16.5. The molecule has 2 unspecified atom stereocenters. The fraction of sp³-hybridized carbons (Fsp3) is 0.532. The van der Waals surface area contributed by atoms with E-state index in [9.17, 15) is 19.2 Å². The van der Waals surface area contributed by atoms with Crippen LogP contribution in [0.4, 0.5) is 21.9 Å². The number of nitrogens with one attached hydrogen (secondary N) is 2. The Hall–Kier alpha value is -5.70. The molecular weight excluding hydrogens is 793 g/mol. The second-order valence-corrected chi connectivity index (χ2v) is 18.3. The highest BCUT2D eigenvalue weighted by Gasteiger charge is 2.57. The molecule has 4 heterocycles. The molecule has 4 N–H and O–H groups in total. The lowest BCUT2D eigenvalue weighted by Gasteiger charge is -2.33. The molecule has 4 aliphatic heterocycles. The fourth-order valence-electron chi connectivity index (χ4n) is 9.85. The van der Waals surface area contributed by atoms with Crippen LogP contribution in [0.25, 0.3) is 0 Å². The summed E-state index contributed by atoms with van der Waals surface area (Å²) < 4.78 is 29.9. The Morgan fingerprint density at radius 3 is 2.08 bits per heavy atom. The molecule has 4 atom stereocenters. The first kappa shape index (κ1) is 41.6. The number of hydrogen-bond donors (Lipinski definition) is 3. The first-order valence-corrected chi connectivity index (χ1v) is 22.1. The van der Waals surface area contributed by atoms with Crippen molar-refractivity contribution in [2.24, 2.45) is 16.6 Å². The van der Waals surface area contributed by atoms with Gasteiger partial charge in [0.25, 0.3) is 11.8 Å². The predicted molar refractivity (Wildman–Crippen MR) is 232 cm³/mol. The second-order valence-electron chi connectivity index (χ2n) is 18.3. The van der Waals surface area contributed by atoms with Crippen molar-refractivity contribution in [2.75, 3.05) is 62.6 Å². The first-order chi connectivity index (χ1) is 29.9. The number of rotatable bonds is 14. The fourth-order valence-corrected chi connectivity index (χ4v) is 9.85. The molecule has 15 heteroatoms. The van der Waals surface area contributed by atoms with Crippen LogP contribution >= 0.6 is 0 Å². The van der Waals surface area contributed by atoms with Crippen LogP contribution in [0.3, 0.4) is 0 Å². The molecular formula is C47H58N6O9. The van der Waals surface area contributed by atoms with Gasteiger partial charge in [0.05, 0.1) is 68.1 Å². The number of carbonyl (C=O) groups is 4. The molecule has 0 bridgehead atoms. The zero-order valence-corrected chi connectivity index (χ0v) is 36.1. The summed E-state index contributed by atoms with van der Waals surface area (Å²) >= 11 is 0. The number of methoxy groups -OCH3 is 2. The number of amides is 4. The van der Waals surface area contributed by atoms with E-state index in [0.29, 0.717) is 77.1 Å². The topological polar surface area (TPSA) is 174 Å². The molecule has 0 aromatic heterocycles. The summed E-state index contributed by atoms with van der Waals surface area (Å²) in [7, 11) is 3.14. The van der Waals surface area contributed by atoms with E-state index in [-0.39, 0.29) is 47.9 Å². The van der Waals surface area contributed by atoms with Gasteiger partial charge in [0, 0.05) is 43.5 Å². The van der Waals surface area contributed by atoms with Crippen LogP contribution in [0.2, 0.25) is 0 Å². The summed E-state index contributed by atoms with van der Waals surface area (Å²) in [6, 6.07) is 13.2. The van der Waals surface area contributed by atoms with Crippen molar-refractivity contribution in [1.82, 2.24) is 9.80 Å². The summed E-state index contributed by atoms with van der Waals surface area (Å²) in [5, 5.41) is 6.27. The molecule has 2 saturated carbocycles. The molecule has 2 aliphatic carbocycles. The SMILES string of the molecule is COc1cc2c(cc1OCCCCCOc1cc3c(cc1OC)C(=O)N1CC4(CC4)CC1[C@H](C)N3C(=O)OCc1ccc(NC(=O)[C@H](C)N)cc1)NCC1CC3(CC3)CN1C2=O. The van der Waals surface area contributed by atoms with Crippen molar-refractivity contribution in [3.05, 3.63) is 65.2 Å². The molecule has 3 aromatic rings. The normalized spacial score (nSPS) is 22.7. The van der Waals surface area contributed by atoms with Gasteiger partial charge in [0.1, 0.15) is 6.61 Å². The van der Waals surface area contributed by atoms with E-state index >= 15 is 0 Å². The number of fused-ring (bicyclic) bond motifs is 4. The van der Waals surface area contributed by atoms with Gasteiger partial charge >= 0.3 is 6.09 Å². The molecule has 9 rings (SSSR count). The van der Waals surface area contributed by atoms with E-state index in [1.165, 1.54) is 12.8 Å². The highest BCUT2D eigenvalue weighted by atomic mass is 16.6. The minimum atomic E-state index is -0.647. The zero-order valence-electron chi connectivity index (χ0n) is 36.1. The van der Waals surface area contributed by atoms with E-state index in [4.69, 9.17) is 29.4 Å². The smallest absolute Gasteiger partial charge is 0.414 e. The third-order valence-corrected chi connectivity index (χ3v) is 13.9. The molecule has 4 fully saturated rings. The van der Waals surface area contributed by atoms with Gasteiger partial charge in [-0.15, -0.1) is 0 Å². The maximum absolute atomic E-state index is 14.3. The van der Waals surface area contributed by atoms with Crippen LogP contribution in [0.1, 0.15) is 97.9 Å². The number of ether oxygens (including phenoxy) is 5. The minimum Gasteiger partial charge on any atom is -0.493 e. The number of hydrogen-bond acceptors (Lipinski definition) is 11. The van der Waals surface area contributed by atoms with Crippen LogP contribution in [-0.2, 0) is 16.1 Å². The van der Waals surface area contributed by atoms with Gasteiger partial charge in [-0.2, -0.15) is 0 Å². The van der Waals surface area contributed by atoms with E-state index in [1.54, 1.807) is 68.5 Å². The van der Waals surface area contributed by atoms with Crippen molar-refractivity contribution < 1.29 is 42.9 Å². The minimum absolute atomic E-state index is 0.0100. The van der Waals surface area contributed by atoms with Gasteiger partial charge in [-0.1, -0.05) is 12.1 Å². The van der Waals surface area contributed by atoms with Crippen LogP contribution in [0.15, 0.2) is 48.5 Å². The van der Waals surface area contributed by atoms with Gasteiger partial charge in [-0.05, 0) is 112 Å². The third-order valence-electron chi connectivity index (χ3n) is 13.9. The molecule has 62 heavy (non-hydrogen) atoms. The van der Waals surface area contributed by atoms with Gasteiger partial charge in [0.2, 0.25) is 5.91 Å². The van der Waals surface area contributed by atoms with E-state index < -0.39 is 12.1 Å². The summed E-state index contributed by atoms with van der Waals surface area (Å²) in [5.41, 5.74) is 9.64. The zero-order chi connectivity index (χ0) is 43.3. The van der Waals surface area contributed by atoms with Crippen LogP contribution < -0.4 is 40.2 Å². The lowest BCUT2D eigenvalue weighted by molar-refractivity contribution is -0.117. The van der Waals surface area contributed by atoms with Crippen molar-refractivity contribution in [3.63, 3.8) is 0 Å². The highest BCUT2D eigenvalue weighted by Crippen LogP contribution is 2.58. The molecule has 2 saturated heterocycles. The number of carbonyl (C=O) groups excluding carboxylic acids is 4. The standard InChI is InChI=1S/C47H58N6O9/c1-28(48)42(54)50-31-10-8-30(9-11-31)25-62-45(57)53-29(2)37-23-47(14-15-47)27-52(37)44(56)34-19-39(59-4)41(21-36(34)53)61-17-7-5-6-16-60-40-20-35-33(18-38(40)58-3)43(55)51-26-46(12-13-46)22-32(51)24-49-35/h8-11,18-21,28-29,32,37,49H,5-7,12-17,22-27,48H2,1-4H3,(H,50,54)/t28-,29-,32?,37?/m0/s1. The van der Waals surface area contributed by atoms with E-state index in [0.717, 1.165) is 62.9 Å². The number of benzene rings is 3. The maximum Gasteiger partial charge on any atom is 0.414 e. The maximum atomic E-state index is 14.3. The Morgan fingerprint density at radius 1 is 0.823 bits per heavy atom. The first-order valence-electron chi connectivity index (χ1n) is 22.1. The highest BCUT2D eigenvalue weighted by molar-refractivity contribution is 6.06. The van der Waals surface area contributed by atoms with Crippen molar-refractivity contribution >= 4 is 40.9 Å². The molecule has 4 amide bonds. The van der Waals surface area contributed by atoms with E-state index in [2.05, 4.69) is 10.6 Å². The summed E-state index contributed by atoms with van der Waals surface area (Å²) in [5.74, 6) is 1.59. The largest absolute Gasteiger partial charge is 0.493 e. The van der Waals surface area contributed by atoms with E-state index in [1.807, 2.05) is 22.8 Å². The van der Waals surface area contributed by atoms with Crippen molar-refractivity contribution in [1.29, 1.82) is 0 Å². The summed E-state index contributed by atoms with van der Waals surface area (Å²) in [6.07, 6.45) is 8.15.